The van der Waals surface area contributed by atoms with Gasteiger partial charge < -0.3 is 5.32 Å². The van der Waals surface area contributed by atoms with Crippen LogP contribution >= 0.6 is 0 Å². The molecule has 3 N–H and O–H groups in total. The molecule has 1 heterocycles. The topological polar surface area (TPSA) is 131 Å². The van der Waals surface area contributed by atoms with Crippen LogP contribution in [-0.2, 0) is 16.2 Å². The number of rotatable bonds is 5. The largest absolute Gasteiger partial charge is 0.435 e. The van der Waals surface area contributed by atoms with E-state index in [1.165, 1.54) is 54.6 Å². The number of aromatic nitrogens is 2. The highest BCUT2D eigenvalue weighted by atomic mass is 32.2. The molecule has 188 valence electrons. The fourth-order valence-electron chi connectivity index (χ4n) is 3.51. The molecule has 1 aromatic heterocycles. The number of primary sulfonamides is 1. The number of carbonyl (C=O) groups excluding carboxylic acids is 1. The van der Waals surface area contributed by atoms with Gasteiger partial charge in [-0.2, -0.15) is 23.5 Å². The summed E-state index contributed by atoms with van der Waals surface area (Å²) in [6.07, 6.45) is -4.88. The second-order valence-corrected chi connectivity index (χ2v) is 9.21. The Balaban J connectivity index is 1.71. The van der Waals surface area contributed by atoms with Gasteiger partial charge in [0, 0.05) is 11.6 Å². The summed E-state index contributed by atoms with van der Waals surface area (Å²) in [6.45, 7) is 0. The number of sulfonamides is 1. The highest BCUT2D eigenvalue weighted by molar-refractivity contribution is 7.89. The molecule has 8 nitrogen and oxygen atoms in total. The van der Waals surface area contributed by atoms with Gasteiger partial charge in [0.15, 0.2) is 5.69 Å². The minimum atomic E-state index is -4.88. The van der Waals surface area contributed by atoms with Crippen LogP contribution in [-0.4, -0.2) is 24.1 Å². The van der Waals surface area contributed by atoms with Gasteiger partial charge in [-0.25, -0.2) is 22.6 Å². The molecule has 0 aliphatic heterocycles. The van der Waals surface area contributed by atoms with Gasteiger partial charge in [-0.3, -0.25) is 4.79 Å². The number of hydrogen-bond acceptors (Lipinski definition) is 5. The van der Waals surface area contributed by atoms with E-state index in [0.29, 0.717) is 10.7 Å². The molecule has 13 heteroatoms. The van der Waals surface area contributed by atoms with Gasteiger partial charge in [-0.1, -0.05) is 30.3 Å². The molecule has 37 heavy (non-hydrogen) atoms. The monoisotopic (exact) mass is 529 g/mol. The molecular formula is C24H15F4N5O3S. The third-order valence-corrected chi connectivity index (χ3v) is 6.14. The molecule has 0 unspecified atom stereocenters. The van der Waals surface area contributed by atoms with Crippen LogP contribution in [0.2, 0.25) is 0 Å². The van der Waals surface area contributed by atoms with Gasteiger partial charge in [0.2, 0.25) is 10.0 Å². The zero-order valence-electron chi connectivity index (χ0n) is 18.5. The quantitative estimate of drug-likeness (QED) is 0.369. The normalized spacial score (nSPS) is 11.7. The maximum atomic E-state index is 14.9. The summed E-state index contributed by atoms with van der Waals surface area (Å²) in [4.78, 5) is 12.7. The average molecular weight is 529 g/mol. The number of halogens is 4. The fourth-order valence-corrected chi connectivity index (χ4v) is 4.27. The molecule has 4 aromatic rings. The third-order valence-electron chi connectivity index (χ3n) is 5.17. The van der Waals surface area contributed by atoms with Crippen LogP contribution in [0.1, 0.15) is 21.7 Å². The van der Waals surface area contributed by atoms with Crippen LogP contribution in [0, 0.1) is 17.1 Å². The van der Waals surface area contributed by atoms with E-state index in [9.17, 15) is 30.8 Å². The number of amides is 1. The summed E-state index contributed by atoms with van der Waals surface area (Å²) >= 11 is 0. The van der Waals surface area contributed by atoms with Gasteiger partial charge in [0.25, 0.3) is 5.91 Å². The Morgan fingerprint density at radius 2 is 1.76 bits per heavy atom. The van der Waals surface area contributed by atoms with E-state index in [4.69, 9.17) is 10.4 Å². The lowest BCUT2D eigenvalue weighted by atomic mass is 10.0. The second kappa shape index (κ2) is 9.49. The van der Waals surface area contributed by atoms with Gasteiger partial charge >= 0.3 is 6.18 Å². The van der Waals surface area contributed by atoms with E-state index in [1.54, 1.807) is 0 Å². The molecule has 0 saturated heterocycles. The lowest BCUT2D eigenvalue weighted by Gasteiger charge is -2.12. The number of nitrogens with one attached hydrogen (secondary N) is 1. The van der Waals surface area contributed by atoms with Crippen molar-refractivity contribution in [3.63, 3.8) is 0 Å². The number of benzene rings is 3. The van der Waals surface area contributed by atoms with Gasteiger partial charge in [0.05, 0.1) is 27.9 Å². The van der Waals surface area contributed by atoms with Crippen molar-refractivity contribution in [3.8, 4) is 22.9 Å². The lowest BCUT2D eigenvalue weighted by molar-refractivity contribution is -0.141. The lowest BCUT2D eigenvalue weighted by Crippen LogP contribution is -2.18. The first kappa shape index (κ1) is 25.5. The van der Waals surface area contributed by atoms with Crippen molar-refractivity contribution >= 4 is 21.6 Å². The van der Waals surface area contributed by atoms with E-state index in [1.807, 2.05) is 6.07 Å². The molecule has 0 aliphatic carbocycles. The van der Waals surface area contributed by atoms with Crippen LogP contribution in [0.3, 0.4) is 0 Å². The predicted octanol–water partition coefficient (Wildman–Crippen LogP) is 4.47. The van der Waals surface area contributed by atoms with Crippen molar-refractivity contribution in [1.82, 2.24) is 9.78 Å². The second-order valence-electron chi connectivity index (χ2n) is 7.68. The van der Waals surface area contributed by atoms with Crippen molar-refractivity contribution in [1.29, 1.82) is 5.26 Å². The highest BCUT2D eigenvalue weighted by Gasteiger charge is 2.36. The Morgan fingerprint density at radius 3 is 2.41 bits per heavy atom. The van der Waals surface area contributed by atoms with E-state index in [-0.39, 0.29) is 33.0 Å². The van der Waals surface area contributed by atoms with E-state index in [2.05, 4.69) is 10.4 Å². The molecule has 0 fully saturated rings. The fraction of sp³-hybridized carbons (Fsp3) is 0.0417. The SMILES string of the molecule is N#Cc1cccc(-n2nc(C(F)(F)F)cc2C(=O)Nc2ccc(-c3ccccc3S(N)(=O)=O)cc2F)c1. The molecule has 4 rings (SSSR count). The third kappa shape index (κ3) is 5.35. The Labute approximate surface area is 207 Å². The zero-order chi connectivity index (χ0) is 27.0. The van der Waals surface area contributed by atoms with Crippen LogP contribution < -0.4 is 10.5 Å². The first-order chi connectivity index (χ1) is 17.4. The average Bonchev–Trinajstić information content (AvgIpc) is 3.31. The smallest absolute Gasteiger partial charge is 0.318 e. The van der Waals surface area contributed by atoms with Crippen molar-refractivity contribution in [3.05, 3.63) is 95.6 Å². The summed E-state index contributed by atoms with van der Waals surface area (Å²) in [5.41, 5.74) is -1.93. The van der Waals surface area contributed by atoms with Crippen LogP contribution in [0.15, 0.2) is 77.7 Å². The summed E-state index contributed by atoms with van der Waals surface area (Å²) in [7, 11) is -4.12. The highest BCUT2D eigenvalue weighted by Crippen LogP contribution is 2.31. The summed E-state index contributed by atoms with van der Waals surface area (Å²) in [5, 5.41) is 20.0. The van der Waals surface area contributed by atoms with Crippen molar-refractivity contribution in [2.24, 2.45) is 5.14 Å². The predicted molar refractivity (Wildman–Crippen MR) is 124 cm³/mol. The van der Waals surface area contributed by atoms with E-state index >= 15 is 0 Å². The Morgan fingerprint density at radius 1 is 1.03 bits per heavy atom. The first-order valence-electron chi connectivity index (χ1n) is 10.3. The number of nitriles is 1. The summed E-state index contributed by atoms with van der Waals surface area (Å²) < 4.78 is 79.4. The molecule has 3 aromatic carbocycles. The number of nitrogens with two attached hydrogens (primary N) is 1. The molecule has 0 radical (unpaired) electrons. The summed E-state index contributed by atoms with van der Waals surface area (Å²) in [6, 6.07) is 16.8. The number of nitrogens with zero attached hydrogens (tertiary/aromatic N) is 3. The molecule has 0 atom stereocenters. The molecule has 0 bridgehead atoms. The summed E-state index contributed by atoms with van der Waals surface area (Å²) in [5.74, 6) is -2.09. The standard InChI is InChI=1S/C24H15F4N5O3S/c25-18-11-15(17-6-1-2-7-21(17)37(30,35)36)8-9-19(18)31-23(34)20-12-22(24(26,27)28)32-33(20)16-5-3-4-14(10-16)13-29/h1-12H,(H,31,34)(H2,30,35,36). The van der Waals surface area contributed by atoms with Gasteiger partial charge in [-0.15, -0.1) is 0 Å². The van der Waals surface area contributed by atoms with E-state index < -0.39 is 39.3 Å². The Hall–Kier alpha value is -4.54. The maximum Gasteiger partial charge on any atom is 0.435 e. The van der Waals surface area contributed by atoms with Crippen molar-refractivity contribution in [2.75, 3.05) is 5.32 Å². The maximum absolute atomic E-state index is 14.9. The number of hydrogen-bond donors (Lipinski definition) is 2. The zero-order valence-corrected chi connectivity index (χ0v) is 19.3. The van der Waals surface area contributed by atoms with Crippen LogP contribution in [0.25, 0.3) is 16.8 Å². The minimum absolute atomic E-state index is 0.00937. The first-order valence-corrected chi connectivity index (χ1v) is 11.8. The molecule has 1 amide bonds. The minimum Gasteiger partial charge on any atom is -0.318 e. The number of carbonyl (C=O) groups is 1. The van der Waals surface area contributed by atoms with Crippen molar-refractivity contribution in [2.45, 2.75) is 11.1 Å². The van der Waals surface area contributed by atoms with Crippen LogP contribution in [0.5, 0.6) is 0 Å². The van der Waals surface area contributed by atoms with Gasteiger partial charge in [-0.05, 0) is 42.0 Å². The van der Waals surface area contributed by atoms with Gasteiger partial charge in [0.1, 0.15) is 11.5 Å². The number of alkyl halides is 3. The van der Waals surface area contributed by atoms with E-state index in [0.717, 1.165) is 12.1 Å². The van der Waals surface area contributed by atoms with Crippen molar-refractivity contribution < 1.29 is 30.8 Å². The molecular weight excluding hydrogens is 514 g/mol. The molecule has 0 aliphatic rings. The number of anilines is 1. The molecule has 0 spiro atoms. The van der Waals surface area contributed by atoms with Crippen LogP contribution in [0.4, 0.5) is 23.2 Å². The Bertz CT molecular complexity index is 1670. The Kier molecular flexibility index (Phi) is 6.55. The molecule has 0 saturated carbocycles.